The second kappa shape index (κ2) is 14.4. The van der Waals surface area contributed by atoms with Crippen LogP contribution in [0.25, 0.3) is 0 Å². The van der Waals surface area contributed by atoms with Gasteiger partial charge in [0.05, 0.1) is 12.7 Å². The number of urea groups is 1. The first kappa shape index (κ1) is 26.5. The molecular formula is C25H34N4O5. The molecule has 9 nitrogen and oxygen atoms in total. The summed E-state index contributed by atoms with van der Waals surface area (Å²) >= 11 is 0. The molecule has 0 aliphatic heterocycles. The van der Waals surface area contributed by atoms with Crippen LogP contribution in [0.2, 0.25) is 0 Å². The number of ether oxygens (including phenoxy) is 2. The Bertz CT molecular complexity index is 921. The fraction of sp³-hybridized carbons (Fsp3) is 0.400. The van der Waals surface area contributed by atoms with E-state index in [1.807, 2.05) is 54.6 Å². The first-order chi connectivity index (χ1) is 16.3. The molecule has 3 N–H and O–H groups in total. The fourth-order valence-electron chi connectivity index (χ4n) is 2.98. The van der Waals surface area contributed by atoms with Crippen molar-refractivity contribution in [3.05, 3.63) is 71.3 Å². The van der Waals surface area contributed by atoms with Crippen molar-refractivity contribution in [3.63, 3.8) is 0 Å². The summed E-state index contributed by atoms with van der Waals surface area (Å²) in [6.45, 7) is 5.32. The predicted octanol–water partition coefficient (Wildman–Crippen LogP) is 3.78. The third-order valence-electron chi connectivity index (χ3n) is 4.71. The minimum absolute atomic E-state index is 0.180. The molecule has 2 aromatic carbocycles. The molecule has 0 atom stereocenters. The number of benzene rings is 2. The SMILES string of the molecule is CC(C)OC(=O)NCc1cccc(CNC(=O)OCCCN(C)C(=O)NCc2ccccc2)c1. The number of hydrogen-bond donors (Lipinski definition) is 3. The molecule has 0 spiro atoms. The van der Waals surface area contributed by atoms with Crippen molar-refractivity contribution in [1.82, 2.24) is 20.9 Å². The van der Waals surface area contributed by atoms with Gasteiger partial charge in [-0.15, -0.1) is 0 Å². The topological polar surface area (TPSA) is 109 Å². The van der Waals surface area contributed by atoms with E-state index in [0.29, 0.717) is 32.6 Å². The Morgan fingerprint density at radius 3 is 2.06 bits per heavy atom. The molecule has 4 amide bonds. The van der Waals surface area contributed by atoms with E-state index in [9.17, 15) is 14.4 Å². The number of rotatable bonds is 11. The minimum atomic E-state index is -0.528. The molecule has 184 valence electrons. The standard InChI is InChI=1S/C25H34N4O5/c1-19(2)34-25(32)28-18-22-12-7-11-21(15-22)17-27-24(31)33-14-8-13-29(3)23(30)26-16-20-9-5-4-6-10-20/h4-7,9-12,15,19H,8,13-14,16-18H2,1-3H3,(H,26,30)(H,27,31)(H,28,32). The maximum absolute atomic E-state index is 12.1. The first-order valence-corrected chi connectivity index (χ1v) is 11.3. The predicted molar refractivity (Wildman–Crippen MR) is 129 cm³/mol. The van der Waals surface area contributed by atoms with Gasteiger partial charge in [0.2, 0.25) is 0 Å². The zero-order chi connectivity index (χ0) is 24.8. The van der Waals surface area contributed by atoms with Crippen molar-refractivity contribution < 1.29 is 23.9 Å². The van der Waals surface area contributed by atoms with Crippen molar-refractivity contribution in [1.29, 1.82) is 0 Å². The van der Waals surface area contributed by atoms with Gasteiger partial charge in [0.25, 0.3) is 0 Å². The van der Waals surface area contributed by atoms with Crippen LogP contribution in [0.1, 0.15) is 37.0 Å². The van der Waals surface area contributed by atoms with Gasteiger partial charge in [-0.25, -0.2) is 14.4 Å². The van der Waals surface area contributed by atoms with Gasteiger partial charge in [0.1, 0.15) is 0 Å². The number of hydrogen-bond acceptors (Lipinski definition) is 5. The number of carbonyl (C=O) groups is 3. The highest BCUT2D eigenvalue weighted by atomic mass is 16.6. The van der Waals surface area contributed by atoms with Gasteiger partial charge in [-0.2, -0.15) is 0 Å². The second-order valence-electron chi connectivity index (χ2n) is 8.04. The lowest BCUT2D eigenvalue weighted by Gasteiger charge is -2.18. The Kier molecular flexibility index (Phi) is 11.2. The largest absolute Gasteiger partial charge is 0.449 e. The van der Waals surface area contributed by atoms with Gasteiger partial charge in [0, 0.05) is 33.2 Å². The van der Waals surface area contributed by atoms with E-state index in [2.05, 4.69) is 16.0 Å². The maximum atomic E-state index is 12.1. The van der Waals surface area contributed by atoms with E-state index in [1.54, 1.807) is 25.8 Å². The monoisotopic (exact) mass is 470 g/mol. The molecule has 0 saturated heterocycles. The smallest absolute Gasteiger partial charge is 0.407 e. The lowest BCUT2D eigenvalue weighted by molar-refractivity contribution is 0.115. The van der Waals surface area contributed by atoms with E-state index in [1.165, 1.54) is 0 Å². The van der Waals surface area contributed by atoms with Crippen LogP contribution in [0.5, 0.6) is 0 Å². The summed E-state index contributed by atoms with van der Waals surface area (Å²) in [6, 6.07) is 17.0. The van der Waals surface area contributed by atoms with Crippen molar-refractivity contribution >= 4 is 18.2 Å². The average Bonchev–Trinajstić information content (AvgIpc) is 2.83. The Hall–Kier alpha value is -3.75. The summed E-state index contributed by atoms with van der Waals surface area (Å²) in [6.07, 6.45) is -0.656. The molecule has 0 unspecified atom stereocenters. The van der Waals surface area contributed by atoms with E-state index < -0.39 is 12.2 Å². The van der Waals surface area contributed by atoms with Crippen LogP contribution < -0.4 is 16.0 Å². The molecule has 0 bridgehead atoms. The number of nitrogens with one attached hydrogen (secondary N) is 3. The highest BCUT2D eigenvalue weighted by Crippen LogP contribution is 2.06. The lowest BCUT2D eigenvalue weighted by Crippen LogP contribution is -2.37. The second-order valence-corrected chi connectivity index (χ2v) is 8.04. The highest BCUT2D eigenvalue weighted by molar-refractivity contribution is 5.73. The highest BCUT2D eigenvalue weighted by Gasteiger charge is 2.09. The molecule has 9 heteroatoms. The molecule has 0 aliphatic rings. The van der Waals surface area contributed by atoms with Gasteiger partial charge in [0.15, 0.2) is 0 Å². The van der Waals surface area contributed by atoms with Crippen LogP contribution >= 0.6 is 0 Å². The van der Waals surface area contributed by atoms with Crippen molar-refractivity contribution in [2.75, 3.05) is 20.2 Å². The summed E-state index contributed by atoms with van der Waals surface area (Å²) in [7, 11) is 1.70. The summed E-state index contributed by atoms with van der Waals surface area (Å²) in [4.78, 5) is 37.2. The van der Waals surface area contributed by atoms with Crippen LogP contribution in [0.3, 0.4) is 0 Å². The zero-order valence-electron chi connectivity index (χ0n) is 20.0. The molecule has 2 rings (SSSR count). The fourth-order valence-corrected chi connectivity index (χ4v) is 2.98. The molecule has 0 fully saturated rings. The zero-order valence-corrected chi connectivity index (χ0v) is 20.0. The van der Waals surface area contributed by atoms with Gasteiger partial charge < -0.3 is 30.3 Å². The van der Waals surface area contributed by atoms with Crippen LogP contribution in [-0.4, -0.2) is 49.4 Å². The first-order valence-electron chi connectivity index (χ1n) is 11.3. The number of nitrogens with zero attached hydrogens (tertiary/aromatic N) is 1. The summed E-state index contributed by atoms with van der Waals surface area (Å²) in [5, 5.41) is 8.24. The Labute approximate surface area is 200 Å². The molecule has 2 aromatic rings. The van der Waals surface area contributed by atoms with Gasteiger partial charge in [-0.1, -0.05) is 54.6 Å². The van der Waals surface area contributed by atoms with E-state index >= 15 is 0 Å². The number of carbonyl (C=O) groups excluding carboxylic acids is 3. The van der Waals surface area contributed by atoms with Crippen molar-refractivity contribution in [3.8, 4) is 0 Å². The Morgan fingerprint density at radius 1 is 0.824 bits per heavy atom. The van der Waals surface area contributed by atoms with E-state index in [-0.39, 0.29) is 18.7 Å². The lowest BCUT2D eigenvalue weighted by atomic mass is 10.1. The van der Waals surface area contributed by atoms with Crippen molar-refractivity contribution in [2.45, 2.75) is 46.0 Å². The Balaban J connectivity index is 1.60. The summed E-state index contributed by atoms with van der Waals surface area (Å²) < 4.78 is 10.2. The van der Waals surface area contributed by atoms with Crippen LogP contribution in [0.15, 0.2) is 54.6 Å². The van der Waals surface area contributed by atoms with E-state index in [0.717, 1.165) is 16.7 Å². The molecule has 0 aromatic heterocycles. The van der Waals surface area contributed by atoms with Gasteiger partial charge >= 0.3 is 18.2 Å². The molecule has 0 aliphatic carbocycles. The Morgan fingerprint density at radius 2 is 1.41 bits per heavy atom. The third kappa shape index (κ3) is 10.7. The third-order valence-corrected chi connectivity index (χ3v) is 4.71. The van der Waals surface area contributed by atoms with Crippen molar-refractivity contribution in [2.24, 2.45) is 0 Å². The average molecular weight is 471 g/mol. The number of alkyl carbamates (subject to hydrolysis) is 2. The summed E-state index contributed by atoms with van der Waals surface area (Å²) in [5.41, 5.74) is 2.80. The van der Waals surface area contributed by atoms with E-state index in [4.69, 9.17) is 9.47 Å². The summed E-state index contributed by atoms with van der Waals surface area (Å²) in [5.74, 6) is 0. The molecule has 0 saturated carbocycles. The molecular weight excluding hydrogens is 436 g/mol. The molecule has 34 heavy (non-hydrogen) atoms. The van der Waals surface area contributed by atoms with Gasteiger partial charge in [-0.3, -0.25) is 0 Å². The van der Waals surface area contributed by atoms with Crippen LogP contribution in [-0.2, 0) is 29.1 Å². The van der Waals surface area contributed by atoms with Crippen LogP contribution in [0.4, 0.5) is 14.4 Å². The molecule has 0 heterocycles. The van der Waals surface area contributed by atoms with Gasteiger partial charge in [-0.05, 0) is 37.0 Å². The minimum Gasteiger partial charge on any atom is -0.449 e. The van der Waals surface area contributed by atoms with Crippen LogP contribution in [0, 0.1) is 0 Å². The molecule has 0 radical (unpaired) electrons. The maximum Gasteiger partial charge on any atom is 0.407 e. The number of amides is 4. The normalized spacial score (nSPS) is 10.4. The quantitative estimate of drug-likeness (QED) is 0.433.